The number of nitro groups is 1. The van der Waals surface area contributed by atoms with Crippen molar-refractivity contribution in [2.45, 2.75) is 0 Å². The molecule has 1 N–H and O–H groups in total. The molecule has 0 aliphatic carbocycles. The third-order valence-electron chi connectivity index (χ3n) is 2.19. The minimum absolute atomic E-state index is 0.0887. The van der Waals surface area contributed by atoms with Gasteiger partial charge in [-0.2, -0.15) is 0 Å². The third kappa shape index (κ3) is 2.54. The monoisotopic (exact) mass is 250 g/mol. The number of benzene rings is 1. The number of rotatable bonds is 4. The Morgan fingerprint density at radius 3 is 2.59 bits per heavy atom. The van der Waals surface area contributed by atoms with Crippen LogP contribution in [0.15, 0.2) is 35.7 Å². The number of nitrogens with one attached hydrogen (secondary N) is 1. The van der Waals surface area contributed by atoms with Gasteiger partial charge in [-0.05, 0) is 29.6 Å². The molecule has 0 aliphatic rings. The second-order valence-electron chi connectivity index (χ2n) is 3.25. The van der Waals surface area contributed by atoms with E-state index in [0.29, 0.717) is 5.00 Å². The van der Waals surface area contributed by atoms with Gasteiger partial charge in [-0.1, -0.05) is 0 Å². The molecular weight excluding hydrogens is 240 g/mol. The van der Waals surface area contributed by atoms with Crippen LogP contribution in [-0.4, -0.2) is 12.0 Å². The van der Waals surface area contributed by atoms with Gasteiger partial charge in [0.15, 0.2) is 5.00 Å². The molecule has 0 saturated carbocycles. The smallest absolute Gasteiger partial charge is 0.303 e. The van der Waals surface area contributed by atoms with Gasteiger partial charge in [0, 0.05) is 11.8 Å². The largest absolute Gasteiger partial charge is 0.497 e. The fourth-order valence-electron chi connectivity index (χ4n) is 1.35. The molecule has 2 rings (SSSR count). The van der Waals surface area contributed by atoms with Crippen molar-refractivity contribution in [2.24, 2.45) is 0 Å². The Bertz CT molecular complexity index is 522. The van der Waals surface area contributed by atoms with Crippen LogP contribution in [0.4, 0.5) is 16.4 Å². The summed E-state index contributed by atoms with van der Waals surface area (Å²) in [6.07, 6.45) is 0. The highest BCUT2D eigenvalue weighted by atomic mass is 32.1. The van der Waals surface area contributed by atoms with E-state index in [-0.39, 0.29) is 5.69 Å². The molecule has 5 nitrogen and oxygen atoms in total. The van der Waals surface area contributed by atoms with Gasteiger partial charge in [0.1, 0.15) is 5.75 Å². The zero-order valence-corrected chi connectivity index (χ0v) is 9.86. The Balaban J connectivity index is 2.19. The van der Waals surface area contributed by atoms with Crippen molar-refractivity contribution in [3.63, 3.8) is 0 Å². The van der Waals surface area contributed by atoms with Crippen LogP contribution in [-0.2, 0) is 0 Å². The van der Waals surface area contributed by atoms with Crippen LogP contribution in [0.3, 0.4) is 0 Å². The average Bonchev–Trinajstić information content (AvgIpc) is 2.78. The Morgan fingerprint density at radius 1 is 1.29 bits per heavy atom. The van der Waals surface area contributed by atoms with E-state index in [1.807, 2.05) is 12.1 Å². The highest BCUT2D eigenvalue weighted by Crippen LogP contribution is 2.33. The number of ether oxygens (including phenoxy) is 1. The van der Waals surface area contributed by atoms with Crippen LogP contribution in [0.1, 0.15) is 0 Å². The van der Waals surface area contributed by atoms with Gasteiger partial charge < -0.3 is 10.1 Å². The highest BCUT2D eigenvalue weighted by Gasteiger charge is 2.14. The molecule has 6 heteroatoms. The fourth-order valence-corrected chi connectivity index (χ4v) is 2.12. The number of hydrogen-bond acceptors (Lipinski definition) is 5. The second kappa shape index (κ2) is 4.84. The van der Waals surface area contributed by atoms with E-state index in [1.165, 1.54) is 17.4 Å². The average molecular weight is 250 g/mol. The van der Waals surface area contributed by atoms with Crippen molar-refractivity contribution in [1.82, 2.24) is 0 Å². The van der Waals surface area contributed by atoms with Crippen molar-refractivity contribution < 1.29 is 9.66 Å². The maximum absolute atomic E-state index is 10.7. The van der Waals surface area contributed by atoms with Crippen LogP contribution in [0, 0.1) is 10.1 Å². The van der Waals surface area contributed by atoms with Gasteiger partial charge in [0.05, 0.1) is 12.0 Å². The minimum atomic E-state index is -0.400. The van der Waals surface area contributed by atoms with E-state index < -0.39 is 4.92 Å². The van der Waals surface area contributed by atoms with Crippen LogP contribution in [0.25, 0.3) is 0 Å². The predicted octanol–water partition coefficient (Wildman–Crippen LogP) is 3.41. The van der Waals surface area contributed by atoms with E-state index in [1.54, 1.807) is 24.6 Å². The molecule has 0 bridgehead atoms. The standard InChI is InChI=1S/C11H10N2O3S/c1-16-9-4-2-8(3-5-9)12-11-10(13(14)15)6-7-17-11/h2-7,12H,1H3. The summed E-state index contributed by atoms with van der Waals surface area (Å²) < 4.78 is 5.03. The SMILES string of the molecule is COc1ccc(Nc2sccc2[N+](=O)[O-])cc1. The molecule has 0 aliphatic heterocycles. The van der Waals surface area contributed by atoms with Gasteiger partial charge in [-0.25, -0.2) is 0 Å². The molecule has 0 atom stereocenters. The van der Waals surface area contributed by atoms with Crippen molar-refractivity contribution in [3.8, 4) is 5.75 Å². The Kier molecular flexibility index (Phi) is 3.24. The van der Waals surface area contributed by atoms with Gasteiger partial charge in [0.2, 0.25) is 0 Å². The lowest BCUT2D eigenvalue weighted by Gasteiger charge is -2.04. The molecule has 1 heterocycles. The molecule has 1 aromatic carbocycles. The van der Waals surface area contributed by atoms with Crippen molar-refractivity contribution in [3.05, 3.63) is 45.8 Å². The Morgan fingerprint density at radius 2 is 2.00 bits per heavy atom. The van der Waals surface area contributed by atoms with Gasteiger partial charge in [0.25, 0.3) is 0 Å². The molecule has 0 amide bonds. The number of thiophene rings is 1. The number of anilines is 2. The number of hydrogen-bond donors (Lipinski definition) is 1. The molecular formula is C11H10N2O3S. The molecule has 0 unspecified atom stereocenters. The highest BCUT2D eigenvalue weighted by molar-refractivity contribution is 7.14. The maximum atomic E-state index is 10.7. The van der Waals surface area contributed by atoms with E-state index in [2.05, 4.69) is 5.32 Å². The Hall–Kier alpha value is -2.08. The first kappa shape index (κ1) is 11.4. The summed E-state index contributed by atoms with van der Waals surface area (Å²) in [5, 5.41) is 15.9. The summed E-state index contributed by atoms with van der Waals surface area (Å²) in [6.45, 7) is 0. The lowest BCUT2D eigenvalue weighted by atomic mass is 10.3. The van der Waals surface area contributed by atoms with E-state index in [4.69, 9.17) is 4.74 Å². The van der Waals surface area contributed by atoms with Crippen LogP contribution in [0.2, 0.25) is 0 Å². The third-order valence-corrected chi connectivity index (χ3v) is 3.01. The summed E-state index contributed by atoms with van der Waals surface area (Å²) in [7, 11) is 1.59. The molecule has 1 aromatic heterocycles. The van der Waals surface area contributed by atoms with Gasteiger partial charge in [-0.15, -0.1) is 11.3 Å². The Labute approximate surface area is 102 Å². The normalized spacial score (nSPS) is 9.94. The first-order chi connectivity index (χ1) is 8.20. The van der Waals surface area contributed by atoms with Crippen molar-refractivity contribution in [1.29, 1.82) is 0 Å². The van der Waals surface area contributed by atoms with Crippen molar-refractivity contribution in [2.75, 3.05) is 12.4 Å². The summed E-state index contributed by atoms with van der Waals surface area (Å²) in [5.41, 5.74) is 0.877. The summed E-state index contributed by atoms with van der Waals surface area (Å²) in [6, 6.07) is 8.69. The summed E-state index contributed by atoms with van der Waals surface area (Å²) in [5.74, 6) is 0.747. The van der Waals surface area contributed by atoms with E-state index in [0.717, 1.165) is 11.4 Å². The van der Waals surface area contributed by atoms with Gasteiger partial charge in [-0.3, -0.25) is 10.1 Å². The van der Waals surface area contributed by atoms with E-state index in [9.17, 15) is 10.1 Å². The lowest BCUT2D eigenvalue weighted by Crippen LogP contribution is -1.93. The predicted molar refractivity (Wildman–Crippen MR) is 67.3 cm³/mol. The molecule has 2 aromatic rings. The van der Waals surface area contributed by atoms with Crippen LogP contribution in [0.5, 0.6) is 5.75 Å². The maximum Gasteiger partial charge on any atom is 0.303 e. The lowest BCUT2D eigenvalue weighted by molar-refractivity contribution is -0.383. The zero-order valence-electron chi connectivity index (χ0n) is 9.04. The van der Waals surface area contributed by atoms with Gasteiger partial charge >= 0.3 is 5.69 Å². The zero-order chi connectivity index (χ0) is 12.3. The molecule has 0 spiro atoms. The fraction of sp³-hybridized carbons (Fsp3) is 0.0909. The second-order valence-corrected chi connectivity index (χ2v) is 4.16. The topological polar surface area (TPSA) is 64.4 Å². The summed E-state index contributed by atoms with van der Waals surface area (Å²) >= 11 is 1.30. The molecule has 88 valence electrons. The first-order valence-electron chi connectivity index (χ1n) is 4.83. The molecule has 17 heavy (non-hydrogen) atoms. The number of nitrogens with zero attached hydrogens (tertiary/aromatic N) is 1. The first-order valence-corrected chi connectivity index (χ1v) is 5.71. The molecule has 0 radical (unpaired) electrons. The molecule has 0 fully saturated rings. The van der Waals surface area contributed by atoms with Crippen LogP contribution >= 0.6 is 11.3 Å². The quantitative estimate of drug-likeness (QED) is 0.667. The van der Waals surface area contributed by atoms with Crippen molar-refractivity contribution >= 4 is 27.7 Å². The van der Waals surface area contributed by atoms with E-state index >= 15 is 0 Å². The summed E-state index contributed by atoms with van der Waals surface area (Å²) in [4.78, 5) is 10.3. The van der Waals surface area contributed by atoms with Crippen LogP contribution < -0.4 is 10.1 Å². The number of methoxy groups -OCH3 is 1. The minimum Gasteiger partial charge on any atom is -0.497 e. The molecule has 0 saturated heterocycles.